The van der Waals surface area contributed by atoms with Crippen molar-refractivity contribution in [3.63, 3.8) is 0 Å². The number of carbonyl (C=O) groups excluding carboxylic acids is 1. The minimum Gasteiger partial charge on any atom is -0.321 e. The normalized spacial score (nSPS) is 13.3. The molecule has 0 aromatic heterocycles. The average molecular weight is 307 g/mol. The van der Waals surface area contributed by atoms with Gasteiger partial charge >= 0.3 is 0 Å². The van der Waals surface area contributed by atoms with E-state index >= 15 is 0 Å². The first-order valence-corrected chi connectivity index (χ1v) is 9.21. The van der Waals surface area contributed by atoms with Gasteiger partial charge in [-0.2, -0.15) is 8.42 Å². The highest BCUT2D eigenvalue weighted by atomic mass is 32.2. The van der Waals surface area contributed by atoms with Gasteiger partial charge in [-0.1, -0.05) is 58.3 Å². The fourth-order valence-corrected chi connectivity index (χ4v) is 2.75. The second-order valence-electron chi connectivity index (χ2n) is 5.40. The zero-order valence-corrected chi connectivity index (χ0v) is 13.3. The van der Waals surface area contributed by atoms with Crippen molar-refractivity contribution >= 4 is 15.9 Å². The molecule has 0 saturated carbocycles. The van der Waals surface area contributed by atoms with Gasteiger partial charge < -0.3 is 5.73 Å². The summed E-state index contributed by atoms with van der Waals surface area (Å²) in [5.41, 5.74) is 5.42. The Kier molecular flexibility index (Phi) is 11.0. The quantitative estimate of drug-likeness (QED) is 0.403. The highest BCUT2D eigenvalue weighted by molar-refractivity contribution is 7.85. The van der Waals surface area contributed by atoms with Crippen LogP contribution < -0.4 is 5.73 Å². The molecule has 3 N–H and O–H groups in total. The van der Waals surface area contributed by atoms with Gasteiger partial charge in [0.15, 0.2) is 5.78 Å². The largest absolute Gasteiger partial charge is 0.321 e. The van der Waals surface area contributed by atoms with Gasteiger partial charge in [0.25, 0.3) is 10.1 Å². The smallest absolute Gasteiger partial charge is 0.266 e. The van der Waals surface area contributed by atoms with Crippen molar-refractivity contribution in [2.24, 2.45) is 5.73 Å². The van der Waals surface area contributed by atoms with Gasteiger partial charge in [0.2, 0.25) is 0 Å². The van der Waals surface area contributed by atoms with Crippen LogP contribution in [-0.4, -0.2) is 30.5 Å². The van der Waals surface area contributed by atoms with Crippen LogP contribution in [0.2, 0.25) is 0 Å². The Morgan fingerprint density at radius 1 is 1.00 bits per heavy atom. The fourth-order valence-electron chi connectivity index (χ4n) is 2.12. The lowest BCUT2D eigenvalue weighted by Gasteiger charge is -2.08. The van der Waals surface area contributed by atoms with E-state index in [9.17, 15) is 13.2 Å². The number of carbonyl (C=O) groups is 1. The molecular weight excluding hydrogens is 278 g/mol. The topological polar surface area (TPSA) is 97.5 Å². The molecule has 0 aliphatic rings. The van der Waals surface area contributed by atoms with Crippen molar-refractivity contribution in [3.8, 4) is 0 Å². The molecule has 6 heteroatoms. The summed E-state index contributed by atoms with van der Waals surface area (Å²) in [6.45, 7) is 2.20. The first kappa shape index (κ1) is 19.5. The molecule has 0 aromatic rings. The minimum atomic E-state index is -4.16. The van der Waals surface area contributed by atoms with Crippen LogP contribution in [0.3, 0.4) is 0 Å². The third-order valence-corrected chi connectivity index (χ3v) is 4.11. The van der Waals surface area contributed by atoms with Gasteiger partial charge in [-0.25, -0.2) is 0 Å². The highest BCUT2D eigenvalue weighted by Crippen LogP contribution is 2.11. The number of Topliss-reactive ketones (excluding diaryl/α,β-unsaturated/α-hetero) is 1. The molecule has 0 fully saturated rings. The van der Waals surface area contributed by atoms with Crippen LogP contribution in [0.4, 0.5) is 0 Å². The standard InChI is InChI=1S/C14H29NO4S/c1-2-3-4-5-6-7-8-9-10-11-14(16)13(15)12-20(17,18)19/h13H,2-12,15H2,1H3,(H,17,18,19). The molecule has 120 valence electrons. The van der Waals surface area contributed by atoms with Crippen LogP contribution in [0.1, 0.15) is 71.1 Å². The molecule has 0 bridgehead atoms. The molecule has 0 heterocycles. The van der Waals surface area contributed by atoms with Crippen LogP contribution >= 0.6 is 0 Å². The van der Waals surface area contributed by atoms with Gasteiger partial charge in [0.05, 0.1) is 11.8 Å². The molecular formula is C14H29NO4S. The average Bonchev–Trinajstić information content (AvgIpc) is 2.34. The first-order valence-electron chi connectivity index (χ1n) is 7.60. The van der Waals surface area contributed by atoms with Crippen molar-refractivity contribution in [2.45, 2.75) is 77.2 Å². The number of nitrogens with two attached hydrogens (primary N) is 1. The maximum Gasteiger partial charge on any atom is 0.266 e. The number of hydrogen-bond donors (Lipinski definition) is 2. The summed E-state index contributed by atoms with van der Waals surface area (Å²) in [6.07, 6.45) is 10.7. The molecule has 5 nitrogen and oxygen atoms in total. The lowest BCUT2D eigenvalue weighted by Crippen LogP contribution is -2.37. The van der Waals surface area contributed by atoms with E-state index in [0.29, 0.717) is 6.42 Å². The molecule has 0 radical (unpaired) electrons. The van der Waals surface area contributed by atoms with Crippen molar-refractivity contribution in [3.05, 3.63) is 0 Å². The van der Waals surface area contributed by atoms with E-state index in [0.717, 1.165) is 19.3 Å². The van der Waals surface area contributed by atoms with E-state index in [1.165, 1.54) is 38.5 Å². The van der Waals surface area contributed by atoms with Gasteiger partial charge in [-0.15, -0.1) is 0 Å². The molecule has 0 amide bonds. The van der Waals surface area contributed by atoms with Crippen molar-refractivity contribution < 1.29 is 17.8 Å². The molecule has 0 aliphatic heterocycles. The van der Waals surface area contributed by atoms with E-state index in [2.05, 4.69) is 6.92 Å². The lowest BCUT2D eigenvalue weighted by atomic mass is 10.0. The molecule has 1 unspecified atom stereocenters. The SMILES string of the molecule is CCCCCCCCCCCC(=O)C(N)CS(=O)(=O)O. The lowest BCUT2D eigenvalue weighted by molar-refractivity contribution is -0.120. The summed E-state index contributed by atoms with van der Waals surface area (Å²) in [7, 11) is -4.16. The Morgan fingerprint density at radius 2 is 1.45 bits per heavy atom. The monoisotopic (exact) mass is 307 g/mol. The van der Waals surface area contributed by atoms with Gasteiger partial charge in [-0.3, -0.25) is 9.35 Å². The third kappa shape index (κ3) is 12.6. The minimum absolute atomic E-state index is 0.287. The van der Waals surface area contributed by atoms with Crippen molar-refractivity contribution in [1.82, 2.24) is 0 Å². The fraction of sp³-hybridized carbons (Fsp3) is 0.929. The Bertz CT molecular complexity index is 354. The second kappa shape index (κ2) is 11.2. The predicted octanol–water partition coefficient (Wildman–Crippen LogP) is 2.69. The van der Waals surface area contributed by atoms with Crippen molar-refractivity contribution in [2.75, 3.05) is 5.75 Å². The zero-order chi connectivity index (χ0) is 15.4. The summed E-state index contributed by atoms with van der Waals surface area (Å²) >= 11 is 0. The van der Waals surface area contributed by atoms with E-state index in [1.54, 1.807) is 0 Å². The van der Waals surface area contributed by atoms with Crippen molar-refractivity contribution in [1.29, 1.82) is 0 Å². The number of unbranched alkanes of at least 4 members (excludes halogenated alkanes) is 8. The molecule has 0 aromatic carbocycles. The summed E-state index contributed by atoms with van der Waals surface area (Å²) in [5, 5.41) is 0. The molecule has 1 atom stereocenters. The van der Waals surface area contributed by atoms with Crippen LogP contribution in [0.5, 0.6) is 0 Å². The summed E-state index contributed by atoms with van der Waals surface area (Å²) in [6, 6.07) is -1.10. The Balaban J connectivity index is 3.48. The van der Waals surface area contributed by atoms with E-state index in [1.807, 2.05) is 0 Å². The summed E-state index contributed by atoms with van der Waals surface area (Å²) < 4.78 is 29.8. The molecule has 0 saturated heterocycles. The number of rotatable bonds is 13. The molecule has 0 spiro atoms. The van der Waals surface area contributed by atoms with Crippen LogP contribution in [0.25, 0.3) is 0 Å². The van der Waals surface area contributed by atoms with E-state index in [4.69, 9.17) is 10.3 Å². The maximum atomic E-state index is 11.5. The molecule has 0 rings (SSSR count). The van der Waals surface area contributed by atoms with Crippen LogP contribution in [-0.2, 0) is 14.9 Å². The summed E-state index contributed by atoms with van der Waals surface area (Å²) in [5.74, 6) is -0.964. The zero-order valence-electron chi connectivity index (χ0n) is 12.5. The maximum absolute atomic E-state index is 11.5. The van der Waals surface area contributed by atoms with Gasteiger partial charge in [0.1, 0.15) is 0 Å². The Labute approximate surface area is 123 Å². The van der Waals surface area contributed by atoms with Crippen LogP contribution in [0.15, 0.2) is 0 Å². The molecule has 20 heavy (non-hydrogen) atoms. The van der Waals surface area contributed by atoms with Gasteiger partial charge in [-0.05, 0) is 6.42 Å². The number of ketones is 1. The number of hydrogen-bond acceptors (Lipinski definition) is 4. The second-order valence-corrected chi connectivity index (χ2v) is 6.90. The predicted molar refractivity (Wildman–Crippen MR) is 81.2 cm³/mol. The Morgan fingerprint density at radius 3 is 1.90 bits per heavy atom. The molecule has 0 aliphatic carbocycles. The van der Waals surface area contributed by atoms with E-state index < -0.39 is 21.9 Å². The highest BCUT2D eigenvalue weighted by Gasteiger charge is 2.19. The summed E-state index contributed by atoms with van der Waals surface area (Å²) in [4.78, 5) is 11.5. The first-order chi connectivity index (χ1) is 9.37. The Hall–Kier alpha value is -0.460. The van der Waals surface area contributed by atoms with E-state index in [-0.39, 0.29) is 5.78 Å². The van der Waals surface area contributed by atoms with Crippen LogP contribution in [0, 0.1) is 0 Å². The third-order valence-electron chi connectivity index (χ3n) is 3.33. The van der Waals surface area contributed by atoms with Gasteiger partial charge in [0, 0.05) is 6.42 Å².